The first-order valence-corrected chi connectivity index (χ1v) is 6.97. The summed E-state index contributed by atoms with van der Waals surface area (Å²) in [4.78, 5) is 0. The normalized spacial score (nSPS) is 6.83. The van der Waals surface area contributed by atoms with Crippen LogP contribution in [-0.4, -0.2) is 28.4 Å². The van der Waals surface area contributed by atoms with Crippen LogP contribution in [0.2, 0.25) is 0 Å². The average Bonchev–Trinajstić information content (AvgIpc) is 2.51. The summed E-state index contributed by atoms with van der Waals surface area (Å²) in [5.74, 6) is 0. The van der Waals surface area contributed by atoms with Gasteiger partial charge in [-0.15, -0.1) is 0 Å². The number of H-pyrrole nitrogens is 1. The van der Waals surface area contributed by atoms with Crippen molar-refractivity contribution in [3.63, 3.8) is 0 Å². The van der Waals surface area contributed by atoms with Crippen molar-refractivity contribution < 1.29 is 19.8 Å². The van der Waals surface area contributed by atoms with Crippen LogP contribution in [0.3, 0.4) is 0 Å². The number of nitrogens with one attached hydrogen (secondary N) is 1. The van der Waals surface area contributed by atoms with Crippen molar-refractivity contribution in [3.05, 3.63) is 6.20 Å². The Morgan fingerprint density at radius 1 is 1.06 bits per heavy atom. The van der Waals surface area contributed by atoms with E-state index in [4.69, 9.17) is 0 Å². The third kappa shape index (κ3) is 72.5. The number of aromatic amines is 1. The molecule has 0 fully saturated rings. The fourth-order valence-electron chi connectivity index (χ4n) is 0.191. The van der Waals surface area contributed by atoms with Crippen molar-refractivity contribution in [2.45, 2.75) is 0 Å². The average molecular weight is 441 g/mol. The van der Waals surface area contributed by atoms with Gasteiger partial charge in [0.1, 0.15) is 0 Å². The molecule has 0 saturated carbocycles. The fourth-order valence-corrected chi connectivity index (χ4v) is 0.421. The molecule has 7 N–H and O–H groups in total. The summed E-state index contributed by atoms with van der Waals surface area (Å²) in [6.45, 7) is 0. The quantitative estimate of drug-likeness (QED) is 0.210. The summed E-state index contributed by atoms with van der Waals surface area (Å²) in [7, 11) is 0. The first-order chi connectivity index (χ1) is 8.09. The Labute approximate surface area is 149 Å². The van der Waals surface area contributed by atoms with E-state index in [2.05, 4.69) is 107 Å². The second-order valence-electron chi connectivity index (χ2n) is 1.77. The van der Waals surface area contributed by atoms with Crippen molar-refractivity contribution in [1.82, 2.24) is 15.4 Å². The molecule has 1 aromatic heterocycles. The maximum absolute atomic E-state index is 4.66. The Hall–Kier alpha value is 0.158. The molecule has 0 aliphatic carbocycles. The van der Waals surface area contributed by atoms with Crippen molar-refractivity contribution in [2.24, 2.45) is 17.2 Å². The zero-order valence-corrected chi connectivity index (χ0v) is 15.5. The van der Waals surface area contributed by atoms with Gasteiger partial charge in [-0.25, -0.2) is 0 Å². The van der Waals surface area contributed by atoms with E-state index in [1.807, 2.05) is 19.8 Å². The predicted octanol–water partition coefficient (Wildman–Crippen LogP) is -1.69. The Balaban J connectivity index is -0.000000171. The van der Waals surface area contributed by atoms with Crippen LogP contribution >= 0.6 is 36.7 Å². The first kappa shape index (κ1) is 23.3. The number of hydrogen-bond donors (Lipinski definition) is 4. The zero-order chi connectivity index (χ0) is 15.1. The molecule has 0 atom stereocenters. The molecule has 0 amide bonds. The summed E-state index contributed by atoms with van der Waals surface area (Å²) in [5, 5.41) is 9.64. The van der Waals surface area contributed by atoms with Crippen LogP contribution in [0.25, 0.3) is 0 Å². The van der Waals surface area contributed by atoms with E-state index >= 15 is 0 Å². The van der Waals surface area contributed by atoms with E-state index in [1.54, 1.807) is 6.20 Å². The minimum absolute atomic E-state index is 0.0833. The van der Waals surface area contributed by atoms with Gasteiger partial charge in [0.2, 0.25) is 0 Å². The standard InChI is InChI=1S/C2H2N3.3CH3NS2.Mo/c1-2-4-5-3-1;3*2-1(3)4;/h1H,(H,3,4,5);3*(H3,2,3,4);/q;;;;+3/p-3. The molecule has 0 saturated heterocycles. The van der Waals surface area contributed by atoms with Crippen LogP contribution in [0.4, 0.5) is 0 Å². The number of thiocarbonyl (C=S) groups is 3. The molecule has 0 radical (unpaired) electrons. The van der Waals surface area contributed by atoms with Gasteiger partial charge in [0.25, 0.3) is 0 Å². The summed E-state index contributed by atoms with van der Waals surface area (Å²) in [6.07, 6.45) is 1.74. The van der Waals surface area contributed by atoms with E-state index in [9.17, 15) is 0 Å². The second kappa shape index (κ2) is 17.2. The molecule has 1 heterocycles. The molecule has 0 unspecified atom stereocenters. The Morgan fingerprint density at radius 2 is 1.33 bits per heavy atom. The van der Waals surface area contributed by atoms with Crippen molar-refractivity contribution >= 4 is 91.6 Å². The zero-order valence-electron chi connectivity index (χ0n) is 8.56. The SMILES string of the molecule is NC(=S)[S-].NC(=S)[S-].NC(=S)[S-].[Mo+3][c]1c[nH]nn1. The second-order valence-corrected chi connectivity index (χ2v) is 6.21. The van der Waals surface area contributed by atoms with Crippen LogP contribution < -0.4 is 21.3 Å². The molecule has 0 aliphatic rings. The van der Waals surface area contributed by atoms with E-state index < -0.39 is 0 Å². The van der Waals surface area contributed by atoms with Crippen LogP contribution in [0.15, 0.2) is 6.20 Å². The van der Waals surface area contributed by atoms with E-state index in [1.165, 1.54) is 0 Å². The van der Waals surface area contributed by atoms with Gasteiger partial charge in [-0.1, -0.05) is 13.0 Å². The summed E-state index contributed by atoms with van der Waals surface area (Å²) >= 11 is 26.6. The molecule has 1 rings (SSSR count). The van der Waals surface area contributed by atoms with Gasteiger partial charge in [-0.05, 0) is 0 Å². The van der Waals surface area contributed by atoms with Gasteiger partial charge < -0.3 is 91.7 Å². The van der Waals surface area contributed by atoms with Crippen LogP contribution in [-0.2, 0) is 57.7 Å². The van der Waals surface area contributed by atoms with Gasteiger partial charge in [-0.2, -0.15) is 0 Å². The van der Waals surface area contributed by atoms with E-state index in [-0.39, 0.29) is 13.0 Å². The van der Waals surface area contributed by atoms with E-state index in [0.29, 0.717) is 0 Å². The molecule has 0 bridgehead atoms. The fraction of sp³-hybridized carbons (Fsp3) is 0. The molecule has 1 aromatic rings. The van der Waals surface area contributed by atoms with Crippen LogP contribution in [0.1, 0.15) is 0 Å². The van der Waals surface area contributed by atoms with Gasteiger partial charge >= 0.3 is 45.5 Å². The summed E-state index contributed by atoms with van der Waals surface area (Å²) in [5.41, 5.74) is 14.0. The topological polar surface area (TPSA) is 120 Å². The summed E-state index contributed by atoms with van der Waals surface area (Å²) in [6, 6.07) is 0. The van der Waals surface area contributed by atoms with Crippen LogP contribution in [0.5, 0.6) is 0 Å². The van der Waals surface area contributed by atoms with E-state index in [0.717, 1.165) is 4.08 Å². The van der Waals surface area contributed by atoms with Gasteiger partial charge in [0.05, 0.1) is 0 Å². The molecule has 0 aliphatic heterocycles. The van der Waals surface area contributed by atoms with Crippen molar-refractivity contribution in [2.75, 3.05) is 0 Å². The van der Waals surface area contributed by atoms with Gasteiger partial charge in [-0.3, -0.25) is 0 Å². The first-order valence-electron chi connectivity index (χ1n) is 3.52. The Kier molecular flexibility index (Phi) is 22.2. The molecule has 18 heavy (non-hydrogen) atoms. The minimum atomic E-state index is 0.0833. The molecular formula is C5H8MoN6S6. The molecule has 6 nitrogen and oxygen atoms in total. The third-order valence-electron chi connectivity index (χ3n) is 0.394. The number of nitrogens with zero attached hydrogens (tertiary/aromatic N) is 2. The number of hydrogen-bond acceptors (Lipinski definition) is 8. The number of aromatic nitrogens is 3. The maximum atomic E-state index is 4.66. The third-order valence-corrected chi connectivity index (χ3v) is 0.885. The monoisotopic (exact) mass is 442 g/mol. The summed E-state index contributed by atoms with van der Waals surface area (Å²) < 4.78 is 1.19. The Bertz CT molecular complexity index is 302. The number of rotatable bonds is 0. The molecular weight excluding hydrogens is 432 g/mol. The molecule has 0 aromatic carbocycles. The molecule has 100 valence electrons. The molecule has 13 heteroatoms. The predicted molar refractivity (Wildman–Crippen MR) is 88.5 cm³/mol. The van der Waals surface area contributed by atoms with Crippen molar-refractivity contribution in [3.8, 4) is 0 Å². The van der Waals surface area contributed by atoms with Crippen LogP contribution in [0, 0.1) is 0 Å². The van der Waals surface area contributed by atoms with Gasteiger partial charge in [0.15, 0.2) is 0 Å². The van der Waals surface area contributed by atoms with Gasteiger partial charge in [0, 0.05) is 0 Å². The Morgan fingerprint density at radius 3 is 1.39 bits per heavy atom. The number of nitrogens with two attached hydrogens (primary N) is 3. The molecule has 0 spiro atoms. The van der Waals surface area contributed by atoms with Crippen molar-refractivity contribution in [1.29, 1.82) is 0 Å².